The van der Waals surface area contributed by atoms with E-state index in [0.717, 1.165) is 65.4 Å². The molecule has 0 atom stereocenters. The van der Waals surface area contributed by atoms with Crippen LogP contribution in [0.3, 0.4) is 0 Å². The predicted octanol–water partition coefficient (Wildman–Crippen LogP) is 4.13. The number of carbonyl (C=O) groups is 3. The van der Waals surface area contributed by atoms with Gasteiger partial charge >= 0.3 is 0 Å². The van der Waals surface area contributed by atoms with Gasteiger partial charge in [-0.25, -0.2) is 9.97 Å². The third-order valence-electron chi connectivity index (χ3n) is 6.23. The minimum atomic E-state index is -0.390. The van der Waals surface area contributed by atoms with Gasteiger partial charge in [0.2, 0.25) is 5.95 Å². The first kappa shape index (κ1) is 25.2. The standard InChI is InChI=1S/C26H26N6O3S2/c1-16(33)21-5-6-22(36-21)20-4-2-3-19(29-20)15-27-14-17-8-11-32(12-9-17)25-28-10-7-18(30-25)13-23-24(34)31-26(35)37-23/h2-7,10,13,17,27H,8-9,11-12,14-15H2,1H3,(H,31,34,35)/b23-13-. The fraction of sp³-hybridized carbons (Fsp3) is 0.308. The van der Waals surface area contributed by atoms with E-state index in [9.17, 15) is 14.4 Å². The normalized spacial score (nSPS) is 17.4. The molecule has 0 saturated carbocycles. The molecule has 9 nitrogen and oxygen atoms in total. The number of nitrogens with one attached hydrogen (secondary N) is 2. The maximum absolute atomic E-state index is 11.8. The molecule has 0 unspecified atom stereocenters. The van der Waals surface area contributed by atoms with E-state index >= 15 is 0 Å². The van der Waals surface area contributed by atoms with Gasteiger partial charge in [0.1, 0.15) is 0 Å². The van der Waals surface area contributed by atoms with Crippen molar-refractivity contribution in [2.24, 2.45) is 5.92 Å². The highest BCUT2D eigenvalue weighted by molar-refractivity contribution is 8.18. The van der Waals surface area contributed by atoms with Crippen LogP contribution in [0.2, 0.25) is 0 Å². The SMILES string of the molecule is CC(=O)c1ccc(-c2cccc(CNCC3CCN(c4nccc(/C=C5\SC(=O)NC5=O)n4)CC3)n2)s1. The number of nitrogens with zero attached hydrogens (tertiary/aromatic N) is 4. The Bertz CT molecular complexity index is 1360. The summed E-state index contributed by atoms with van der Waals surface area (Å²) in [5, 5.41) is 5.44. The first-order valence-corrected chi connectivity index (χ1v) is 13.7. The first-order chi connectivity index (χ1) is 17.9. The number of aromatic nitrogens is 3. The van der Waals surface area contributed by atoms with Crippen LogP contribution in [0.15, 0.2) is 47.5 Å². The third-order valence-corrected chi connectivity index (χ3v) is 8.25. The molecule has 2 fully saturated rings. The molecule has 190 valence electrons. The molecule has 3 aromatic rings. The van der Waals surface area contributed by atoms with Crippen LogP contribution in [0, 0.1) is 5.92 Å². The van der Waals surface area contributed by atoms with Crippen LogP contribution >= 0.6 is 23.1 Å². The highest BCUT2D eigenvalue weighted by Crippen LogP contribution is 2.28. The zero-order valence-electron chi connectivity index (χ0n) is 20.3. The number of ketones is 1. The summed E-state index contributed by atoms with van der Waals surface area (Å²) in [6, 6.07) is 11.5. The van der Waals surface area contributed by atoms with Crippen LogP contribution in [0.5, 0.6) is 0 Å². The Labute approximate surface area is 222 Å². The Balaban J connectivity index is 1.11. The number of rotatable bonds is 8. The van der Waals surface area contributed by atoms with E-state index < -0.39 is 0 Å². The summed E-state index contributed by atoms with van der Waals surface area (Å²) in [6.07, 6.45) is 5.34. The Kier molecular flexibility index (Phi) is 7.73. The summed E-state index contributed by atoms with van der Waals surface area (Å²) < 4.78 is 0. The molecule has 2 saturated heterocycles. The van der Waals surface area contributed by atoms with E-state index in [1.165, 1.54) is 11.3 Å². The van der Waals surface area contributed by atoms with E-state index in [2.05, 4.69) is 25.5 Å². The van der Waals surface area contributed by atoms with Crippen molar-refractivity contribution in [3.63, 3.8) is 0 Å². The molecule has 2 aliphatic heterocycles. The lowest BCUT2D eigenvalue weighted by molar-refractivity contribution is -0.115. The third kappa shape index (κ3) is 6.30. The molecule has 5 rings (SSSR count). The number of Topliss-reactive ketones (excluding diaryl/α,β-unsaturated/α-hetero) is 1. The molecular formula is C26H26N6O3S2. The van der Waals surface area contributed by atoms with Gasteiger partial charge in [-0.3, -0.25) is 24.7 Å². The maximum Gasteiger partial charge on any atom is 0.290 e. The monoisotopic (exact) mass is 534 g/mol. The van der Waals surface area contributed by atoms with Crippen molar-refractivity contribution >= 4 is 52.1 Å². The van der Waals surface area contributed by atoms with Crippen LogP contribution in [-0.2, 0) is 11.3 Å². The number of hydrogen-bond donors (Lipinski definition) is 2. The Morgan fingerprint density at radius 2 is 2.00 bits per heavy atom. The highest BCUT2D eigenvalue weighted by Gasteiger charge is 2.25. The number of thioether (sulfide) groups is 1. The summed E-state index contributed by atoms with van der Waals surface area (Å²) in [5.74, 6) is 0.869. The molecule has 0 bridgehead atoms. The molecule has 0 spiro atoms. The van der Waals surface area contributed by atoms with Crippen LogP contribution in [-0.4, -0.2) is 51.5 Å². The number of imide groups is 1. The molecule has 0 aliphatic carbocycles. The molecule has 3 aromatic heterocycles. The minimum absolute atomic E-state index is 0.0756. The van der Waals surface area contributed by atoms with Crippen molar-refractivity contribution in [1.29, 1.82) is 0 Å². The number of pyridine rings is 1. The maximum atomic E-state index is 11.8. The fourth-order valence-corrected chi connectivity index (χ4v) is 5.81. The first-order valence-electron chi connectivity index (χ1n) is 12.1. The van der Waals surface area contributed by atoms with Gasteiger partial charge in [0, 0.05) is 25.8 Å². The van der Waals surface area contributed by atoms with Gasteiger partial charge in [0.25, 0.3) is 11.1 Å². The Hall–Kier alpha value is -3.41. The van der Waals surface area contributed by atoms with Gasteiger partial charge in [-0.1, -0.05) is 6.07 Å². The topological polar surface area (TPSA) is 117 Å². The zero-order chi connectivity index (χ0) is 25.8. The second kappa shape index (κ2) is 11.3. The second-order valence-electron chi connectivity index (χ2n) is 8.93. The zero-order valence-corrected chi connectivity index (χ0v) is 21.9. The fourth-order valence-electron chi connectivity index (χ4n) is 4.27. The number of hydrogen-bond acceptors (Lipinski definition) is 10. The molecule has 2 N–H and O–H groups in total. The summed E-state index contributed by atoms with van der Waals surface area (Å²) in [4.78, 5) is 52.8. The van der Waals surface area contributed by atoms with E-state index in [4.69, 9.17) is 4.98 Å². The van der Waals surface area contributed by atoms with Crippen molar-refractivity contribution < 1.29 is 14.4 Å². The average molecular weight is 535 g/mol. The lowest BCUT2D eigenvalue weighted by Gasteiger charge is -2.32. The van der Waals surface area contributed by atoms with Gasteiger partial charge in [-0.05, 0) is 80.4 Å². The van der Waals surface area contributed by atoms with Gasteiger partial charge in [0.15, 0.2) is 5.78 Å². The van der Waals surface area contributed by atoms with Crippen molar-refractivity contribution in [1.82, 2.24) is 25.6 Å². The number of anilines is 1. The van der Waals surface area contributed by atoms with Crippen LogP contribution in [0.1, 0.15) is 40.8 Å². The van der Waals surface area contributed by atoms with E-state index in [-0.39, 0.29) is 16.9 Å². The average Bonchev–Trinajstić information content (AvgIpc) is 3.51. The van der Waals surface area contributed by atoms with Crippen molar-refractivity contribution in [2.75, 3.05) is 24.5 Å². The molecule has 11 heteroatoms. The van der Waals surface area contributed by atoms with Gasteiger partial charge in [-0.2, -0.15) is 0 Å². The smallest absolute Gasteiger partial charge is 0.290 e. The summed E-state index contributed by atoms with van der Waals surface area (Å²) in [6.45, 7) is 4.88. The lowest BCUT2D eigenvalue weighted by atomic mass is 9.97. The van der Waals surface area contributed by atoms with Crippen molar-refractivity contribution in [2.45, 2.75) is 26.3 Å². The number of carbonyl (C=O) groups excluding carboxylic acids is 3. The Morgan fingerprint density at radius 3 is 2.73 bits per heavy atom. The number of amides is 2. The van der Waals surface area contributed by atoms with E-state index in [0.29, 0.717) is 29.0 Å². The van der Waals surface area contributed by atoms with Crippen molar-refractivity contribution in [3.8, 4) is 10.6 Å². The number of thiophene rings is 1. The van der Waals surface area contributed by atoms with Gasteiger partial charge in [-0.15, -0.1) is 11.3 Å². The molecule has 37 heavy (non-hydrogen) atoms. The molecule has 5 heterocycles. The quantitative estimate of drug-likeness (QED) is 0.325. The van der Waals surface area contributed by atoms with Gasteiger partial charge < -0.3 is 10.2 Å². The van der Waals surface area contributed by atoms with E-state index in [1.807, 2.05) is 30.3 Å². The van der Waals surface area contributed by atoms with Crippen LogP contribution in [0.25, 0.3) is 16.6 Å². The summed E-state index contributed by atoms with van der Waals surface area (Å²) >= 11 is 2.36. The molecular weight excluding hydrogens is 508 g/mol. The summed E-state index contributed by atoms with van der Waals surface area (Å²) in [7, 11) is 0. The predicted molar refractivity (Wildman–Crippen MR) is 145 cm³/mol. The van der Waals surface area contributed by atoms with Crippen LogP contribution in [0.4, 0.5) is 10.7 Å². The van der Waals surface area contributed by atoms with Crippen molar-refractivity contribution in [3.05, 3.63) is 63.8 Å². The minimum Gasteiger partial charge on any atom is -0.341 e. The molecule has 2 aliphatic rings. The van der Waals surface area contributed by atoms with E-state index in [1.54, 1.807) is 25.3 Å². The largest absolute Gasteiger partial charge is 0.341 e. The van der Waals surface area contributed by atoms with Gasteiger partial charge in [0.05, 0.1) is 31.7 Å². The Morgan fingerprint density at radius 1 is 1.16 bits per heavy atom. The summed E-state index contributed by atoms with van der Waals surface area (Å²) in [5.41, 5.74) is 2.47. The second-order valence-corrected chi connectivity index (χ2v) is 11.0. The molecule has 2 amide bonds. The number of piperidine rings is 1. The lowest BCUT2D eigenvalue weighted by Crippen LogP contribution is -2.38. The molecule has 0 radical (unpaired) electrons. The molecule has 0 aromatic carbocycles. The highest BCUT2D eigenvalue weighted by atomic mass is 32.2. The van der Waals surface area contributed by atoms with Crippen LogP contribution < -0.4 is 15.5 Å².